The van der Waals surface area contributed by atoms with Crippen LogP contribution in [-0.4, -0.2) is 59.4 Å². The molecule has 0 aromatic heterocycles. The van der Waals surface area contributed by atoms with E-state index < -0.39 is 0 Å². The van der Waals surface area contributed by atoms with E-state index in [4.69, 9.17) is 23.2 Å². The van der Waals surface area contributed by atoms with Gasteiger partial charge in [-0.3, -0.25) is 14.5 Å². The van der Waals surface area contributed by atoms with Gasteiger partial charge < -0.3 is 10.0 Å². The number of likely N-dealkylation sites (tertiary alicyclic amines) is 1. The Morgan fingerprint density at radius 2 is 1.77 bits per heavy atom. The van der Waals surface area contributed by atoms with Crippen molar-refractivity contribution in [3.63, 3.8) is 0 Å². The Bertz CT molecular complexity index is 1040. The van der Waals surface area contributed by atoms with Crippen LogP contribution in [0.4, 0.5) is 0 Å². The number of rotatable bonds is 10. The predicted molar refractivity (Wildman–Crippen MR) is 142 cm³/mol. The molecule has 2 aromatic rings. The number of carbonyl (C=O) groups is 2. The first kappa shape index (κ1) is 27.7. The molecular formula is C28H36Cl2N2O3. The van der Waals surface area contributed by atoms with Crippen molar-refractivity contribution in [3.8, 4) is 0 Å². The summed E-state index contributed by atoms with van der Waals surface area (Å²) in [5.74, 6) is 0.476. The second kappa shape index (κ2) is 12.4. The molecule has 1 amide bonds. The third kappa shape index (κ3) is 7.53. The number of hydrogen-bond donors (Lipinski definition) is 1. The van der Waals surface area contributed by atoms with E-state index in [0.29, 0.717) is 35.5 Å². The number of β-amino-alcohol motifs (C(OH)–C–C–N with tert-alkyl or cyclic N) is 1. The van der Waals surface area contributed by atoms with Crippen molar-refractivity contribution >= 4 is 34.9 Å². The van der Waals surface area contributed by atoms with Gasteiger partial charge >= 0.3 is 0 Å². The van der Waals surface area contributed by atoms with E-state index in [0.717, 1.165) is 29.7 Å². The van der Waals surface area contributed by atoms with Crippen molar-refractivity contribution in [2.24, 2.45) is 11.8 Å². The summed E-state index contributed by atoms with van der Waals surface area (Å²) in [5.41, 5.74) is 2.74. The molecule has 0 saturated carbocycles. The lowest BCUT2D eigenvalue weighted by Crippen LogP contribution is -2.39. The average molecular weight is 520 g/mol. The molecule has 7 heteroatoms. The van der Waals surface area contributed by atoms with Gasteiger partial charge in [0.2, 0.25) is 5.91 Å². The third-order valence-corrected chi connectivity index (χ3v) is 7.84. The van der Waals surface area contributed by atoms with Gasteiger partial charge in [-0.2, -0.15) is 0 Å². The second-order valence-electron chi connectivity index (χ2n) is 10.1. The van der Waals surface area contributed by atoms with Gasteiger partial charge in [0.15, 0.2) is 0 Å². The van der Waals surface area contributed by atoms with Crippen LogP contribution in [0.3, 0.4) is 0 Å². The van der Waals surface area contributed by atoms with Crippen LogP contribution >= 0.6 is 23.2 Å². The zero-order valence-electron chi connectivity index (χ0n) is 21.0. The number of Topliss-reactive ketones (excluding diaryl/α,β-unsaturated/α-hetero) is 1. The number of carbonyl (C=O) groups excluding carboxylic acids is 2. The fourth-order valence-corrected chi connectivity index (χ4v) is 4.76. The number of aliphatic hydroxyl groups is 1. The Balaban J connectivity index is 1.82. The van der Waals surface area contributed by atoms with Crippen LogP contribution in [0.1, 0.15) is 49.9 Å². The molecule has 1 unspecified atom stereocenters. The van der Waals surface area contributed by atoms with Crippen LogP contribution in [0.15, 0.2) is 42.5 Å². The van der Waals surface area contributed by atoms with E-state index in [-0.39, 0.29) is 36.2 Å². The van der Waals surface area contributed by atoms with Crippen molar-refractivity contribution in [2.45, 2.75) is 52.2 Å². The molecule has 1 fully saturated rings. The molecule has 190 valence electrons. The lowest BCUT2D eigenvalue weighted by molar-refractivity contribution is -0.131. The summed E-state index contributed by atoms with van der Waals surface area (Å²) in [7, 11) is 1.82. The molecule has 0 aliphatic carbocycles. The highest BCUT2D eigenvalue weighted by molar-refractivity contribution is 6.42. The monoisotopic (exact) mass is 518 g/mol. The smallest absolute Gasteiger partial charge is 0.227 e. The summed E-state index contributed by atoms with van der Waals surface area (Å²) in [6.45, 7) is 8.10. The molecular weight excluding hydrogens is 483 g/mol. The molecule has 2 aromatic carbocycles. The van der Waals surface area contributed by atoms with E-state index in [2.05, 4.69) is 18.7 Å². The summed E-state index contributed by atoms with van der Waals surface area (Å²) in [6.07, 6.45) is 0.976. The van der Waals surface area contributed by atoms with Crippen LogP contribution in [0.5, 0.6) is 0 Å². The van der Waals surface area contributed by atoms with E-state index in [1.807, 2.05) is 44.3 Å². The van der Waals surface area contributed by atoms with Crippen LogP contribution in [0.25, 0.3) is 0 Å². The molecule has 1 aliphatic rings. The van der Waals surface area contributed by atoms with Crippen LogP contribution in [0, 0.1) is 11.8 Å². The molecule has 0 bridgehead atoms. The van der Waals surface area contributed by atoms with Gasteiger partial charge in [0, 0.05) is 39.0 Å². The van der Waals surface area contributed by atoms with E-state index in [1.54, 1.807) is 17.0 Å². The van der Waals surface area contributed by atoms with Gasteiger partial charge in [-0.25, -0.2) is 0 Å². The maximum absolute atomic E-state index is 13.3. The molecule has 5 nitrogen and oxygen atoms in total. The summed E-state index contributed by atoms with van der Waals surface area (Å²) >= 11 is 12.2. The van der Waals surface area contributed by atoms with Gasteiger partial charge in [0.1, 0.15) is 5.78 Å². The third-order valence-electron chi connectivity index (χ3n) is 7.10. The van der Waals surface area contributed by atoms with Crippen molar-refractivity contribution in [3.05, 3.63) is 69.2 Å². The lowest BCUT2D eigenvalue weighted by Gasteiger charge is -2.32. The van der Waals surface area contributed by atoms with E-state index in [9.17, 15) is 14.7 Å². The number of aliphatic hydroxyl groups excluding tert-OH is 1. The molecule has 1 heterocycles. The normalized spacial score (nSPS) is 18.0. The highest BCUT2D eigenvalue weighted by Crippen LogP contribution is 2.27. The van der Waals surface area contributed by atoms with Crippen LogP contribution in [-0.2, 0) is 22.4 Å². The lowest BCUT2D eigenvalue weighted by atomic mass is 9.89. The SMILES string of the molecule is CC(C)C(C)C(=O)Cc1cccc([C@@H](CN2CC[C@H](O)C2)N(C)C(=O)Cc2ccc(Cl)c(Cl)c2)c1. The minimum Gasteiger partial charge on any atom is -0.392 e. The van der Waals surface area contributed by atoms with Crippen molar-refractivity contribution in [1.29, 1.82) is 0 Å². The Hall–Kier alpha value is -1.92. The maximum Gasteiger partial charge on any atom is 0.227 e. The fraction of sp³-hybridized carbons (Fsp3) is 0.500. The molecule has 0 spiro atoms. The van der Waals surface area contributed by atoms with E-state index in [1.165, 1.54) is 0 Å². The molecule has 0 radical (unpaired) electrons. The number of ketones is 1. The average Bonchev–Trinajstić information content (AvgIpc) is 3.23. The summed E-state index contributed by atoms with van der Waals surface area (Å²) in [4.78, 5) is 30.0. The first-order valence-corrected chi connectivity index (χ1v) is 13.0. The van der Waals surface area contributed by atoms with Gasteiger partial charge in [-0.1, -0.05) is 74.3 Å². The highest BCUT2D eigenvalue weighted by atomic mass is 35.5. The number of likely N-dealkylation sites (N-methyl/N-ethyl adjacent to an activating group) is 1. The minimum absolute atomic E-state index is 0.00371. The molecule has 1 N–H and O–H groups in total. The molecule has 35 heavy (non-hydrogen) atoms. The fourth-order valence-electron chi connectivity index (χ4n) is 4.44. The summed E-state index contributed by atoms with van der Waals surface area (Å²) in [6, 6.07) is 13.0. The maximum atomic E-state index is 13.3. The van der Waals surface area contributed by atoms with Gasteiger partial charge in [-0.15, -0.1) is 0 Å². The Kier molecular flexibility index (Phi) is 9.77. The van der Waals surface area contributed by atoms with Crippen LogP contribution in [0.2, 0.25) is 10.0 Å². The zero-order chi connectivity index (χ0) is 25.7. The zero-order valence-corrected chi connectivity index (χ0v) is 22.5. The Morgan fingerprint density at radius 1 is 1.06 bits per heavy atom. The largest absolute Gasteiger partial charge is 0.392 e. The molecule has 3 rings (SSSR count). The second-order valence-corrected chi connectivity index (χ2v) is 10.9. The standard InChI is InChI=1S/C28H36Cl2N2O3/c1-18(2)19(3)27(34)14-20-6-5-7-22(12-20)26(17-32-11-10-23(33)16-32)31(4)28(35)15-21-8-9-24(29)25(30)13-21/h5-9,12-13,18-19,23,26,33H,10-11,14-17H2,1-4H3/t19?,23-,26+/m0/s1. The number of benzene rings is 2. The van der Waals surface area contributed by atoms with E-state index >= 15 is 0 Å². The summed E-state index contributed by atoms with van der Waals surface area (Å²) in [5, 5.41) is 10.9. The van der Waals surface area contributed by atoms with Gasteiger partial charge in [-0.05, 0) is 41.2 Å². The van der Waals surface area contributed by atoms with Gasteiger partial charge in [0.25, 0.3) is 0 Å². The van der Waals surface area contributed by atoms with Crippen molar-refractivity contribution < 1.29 is 14.7 Å². The number of halogens is 2. The molecule has 3 atom stereocenters. The number of hydrogen-bond acceptors (Lipinski definition) is 4. The quantitative estimate of drug-likeness (QED) is 0.469. The molecule has 1 aliphatic heterocycles. The highest BCUT2D eigenvalue weighted by Gasteiger charge is 2.28. The van der Waals surface area contributed by atoms with Gasteiger partial charge in [0.05, 0.1) is 28.6 Å². The first-order chi connectivity index (χ1) is 16.5. The number of nitrogens with zero attached hydrogens (tertiary/aromatic N) is 2. The predicted octanol–water partition coefficient (Wildman–Crippen LogP) is 5.21. The minimum atomic E-state index is -0.339. The first-order valence-electron chi connectivity index (χ1n) is 12.3. The van der Waals surface area contributed by atoms with Crippen molar-refractivity contribution in [1.82, 2.24) is 9.80 Å². The van der Waals surface area contributed by atoms with Crippen molar-refractivity contribution in [2.75, 3.05) is 26.7 Å². The Labute approximate surface area is 219 Å². The Morgan fingerprint density at radius 3 is 2.40 bits per heavy atom. The number of amides is 1. The van der Waals surface area contributed by atoms with Crippen LogP contribution < -0.4 is 0 Å². The topological polar surface area (TPSA) is 60.9 Å². The molecule has 1 saturated heterocycles. The summed E-state index contributed by atoms with van der Waals surface area (Å²) < 4.78 is 0.